The van der Waals surface area contributed by atoms with Gasteiger partial charge in [-0.15, -0.1) is 0 Å². The van der Waals surface area contributed by atoms with Crippen LogP contribution in [-0.2, 0) is 7.05 Å². The van der Waals surface area contributed by atoms with Crippen molar-refractivity contribution < 1.29 is 9.18 Å². The Hall–Kier alpha value is -4.20. The summed E-state index contributed by atoms with van der Waals surface area (Å²) in [6, 6.07) is 17.4. The molecule has 0 spiro atoms. The second-order valence-electron chi connectivity index (χ2n) is 8.64. The lowest BCUT2D eigenvalue weighted by Crippen LogP contribution is -2.42. The number of halogens is 1. The number of piperidine rings is 1. The van der Waals surface area contributed by atoms with Crippen LogP contribution in [0.25, 0.3) is 22.5 Å². The predicted molar refractivity (Wildman–Crippen MR) is 132 cm³/mol. The summed E-state index contributed by atoms with van der Waals surface area (Å²) in [4.78, 5) is 40.7. The molecule has 0 radical (unpaired) electrons. The third-order valence-electron chi connectivity index (χ3n) is 6.37. The van der Waals surface area contributed by atoms with Crippen molar-refractivity contribution in [2.45, 2.75) is 12.8 Å². The molecule has 35 heavy (non-hydrogen) atoms. The van der Waals surface area contributed by atoms with Crippen molar-refractivity contribution >= 4 is 11.7 Å². The monoisotopic (exact) mass is 469 g/mol. The number of rotatable bonds is 5. The first-order valence-electron chi connectivity index (χ1n) is 11.5. The van der Waals surface area contributed by atoms with E-state index in [0.29, 0.717) is 36.8 Å². The number of aromatic nitrogens is 4. The number of carbonyl (C=O) groups excluding carboxylic acids is 1. The minimum atomic E-state index is -0.523. The summed E-state index contributed by atoms with van der Waals surface area (Å²) in [6.07, 6.45) is 4.37. The summed E-state index contributed by atoms with van der Waals surface area (Å²) in [6.45, 7) is 0.999. The maximum atomic E-state index is 15.0. The fraction of sp³-hybridized carbons (Fsp3) is 0.222. The Balaban J connectivity index is 1.40. The molecule has 2 aromatic carbocycles. The van der Waals surface area contributed by atoms with Crippen molar-refractivity contribution in [1.29, 1.82) is 0 Å². The zero-order valence-corrected chi connectivity index (χ0v) is 19.3. The molecule has 7 nitrogen and oxygen atoms in total. The lowest BCUT2D eigenvalue weighted by atomic mass is 9.89. The summed E-state index contributed by atoms with van der Waals surface area (Å²) in [5.74, 6) is -0.697. The van der Waals surface area contributed by atoms with Crippen LogP contribution in [0.2, 0.25) is 0 Å². The molecule has 176 valence electrons. The topological polar surface area (TPSA) is 81.0 Å². The van der Waals surface area contributed by atoms with Gasteiger partial charge in [-0.1, -0.05) is 36.4 Å². The largest absolute Gasteiger partial charge is 0.341 e. The molecule has 0 aliphatic carbocycles. The molecule has 0 saturated carbocycles. The van der Waals surface area contributed by atoms with Gasteiger partial charge in [-0.3, -0.25) is 14.2 Å². The Morgan fingerprint density at radius 3 is 2.60 bits per heavy atom. The molecular weight excluding hydrogens is 445 g/mol. The molecular formula is C27H24FN5O2. The number of hydrogen-bond acceptors (Lipinski definition) is 6. The van der Waals surface area contributed by atoms with E-state index in [4.69, 9.17) is 0 Å². The minimum Gasteiger partial charge on any atom is -0.341 e. The van der Waals surface area contributed by atoms with Crippen molar-refractivity contribution in [1.82, 2.24) is 19.5 Å². The summed E-state index contributed by atoms with van der Waals surface area (Å²) in [5, 5.41) is 0. The number of carbonyl (C=O) groups is 1. The zero-order chi connectivity index (χ0) is 24.4. The molecule has 4 aromatic rings. The van der Waals surface area contributed by atoms with Gasteiger partial charge in [0, 0.05) is 38.3 Å². The first-order chi connectivity index (χ1) is 17.0. The van der Waals surface area contributed by atoms with Crippen LogP contribution < -0.4 is 10.5 Å². The molecule has 1 unspecified atom stereocenters. The maximum absolute atomic E-state index is 15.0. The number of nitrogens with zero attached hydrogens (tertiary/aromatic N) is 5. The molecule has 1 aliphatic rings. The van der Waals surface area contributed by atoms with Crippen molar-refractivity contribution in [3.8, 4) is 22.5 Å². The Morgan fingerprint density at radius 2 is 1.86 bits per heavy atom. The van der Waals surface area contributed by atoms with Gasteiger partial charge in [0.1, 0.15) is 12.1 Å². The fourth-order valence-electron chi connectivity index (χ4n) is 4.50. The molecule has 3 heterocycles. The maximum Gasteiger partial charge on any atom is 0.255 e. The molecule has 1 fully saturated rings. The Bertz CT molecular complexity index is 1420. The molecule has 0 amide bonds. The molecule has 1 aliphatic heterocycles. The second kappa shape index (κ2) is 9.58. The van der Waals surface area contributed by atoms with Crippen molar-refractivity contribution in [3.05, 3.63) is 94.9 Å². The zero-order valence-electron chi connectivity index (χ0n) is 19.3. The highest BCUT2D eigenvalue weighted by Crippen LogP contribution is 2.28. The van der Waals surface area contributed by atoms with E-state index in [-0.39, 0.29) is 16.9 Å². The average molecular weight is 470 g/mol. The van der Waals surface area contributed by atoms with Gasteiger partial charge in [0.15, 0.2) is 5.78 Å². The normalized spacial score (nSPS) is 15.7. The quantitative estimate of drug-likeness (QED) is 0.409. The van der Waals surface area contributed by atoms with E-state index in [1.807, 2.05) is 35.2 Å². The van der Waals surface area contributed by atoms with Crippen molar-refractivity contribution in [2.24, 2.45) is 13.0 Å². The van der Waals surface area contributed by atoms with E-state index in [1.165, 1.54) is 23.0 Å². The van der Waals surface area contributed by atoms with Gasteiger partial charge in [0.05, 0.1) is 17.0 Å². The summed E-state index contributed by atoms with van der Waals surface area (Å²) in [7, 11) is 1.65. The molecule has 0 bridgehead atoms. The van der Waals surface area contributed by atoms with E-state index in [0.717, 1.165) is 17.5 Å². The number of Topliss-reactive ketones (excluding diaryl/α,β-unsaturated/α-hetero) is 1. The number of anilines is 1. The van der Waals surface area contributed by atoms with Crippen LogP contribution >= 0.6 is 0 Å². The van der Waals surface area contributed by atoms with Crippen LogP contribution in [0, 0.1) is 11.7 Å². The van der Waals surface area contributed by atoms with Crippen LogP contribution in [0.1, 0.15) is 23.2 Å². The highest BCUT2D eigenvalue weighted by atomic mass is 19.1. The molecule has 1 saturated heterocycles. The average Bonchev–Trinajstić information content (AvgIpc) is 2.91. The van der Waals surface area contributed by atoms with E-state index in [2.05, 4.69) is 15.0 Å². The van der Waals surface area contributed by atoms with Gasteiger partial charge in [-0.2, -0.15) is 0 Å². The Labute approximate surface area is 201 Å². The first-order valence-corrected chi connectivity index (χ1v) is 11.5. The first kappa shape index (κ1) is 22.6. The smallest absolute Gasteiger partial charge is 0.255 e. The van der Waals surface area contributed by atoms with Crippen LogP contribution in [0.5, 0.6) is 0 Å². The standard InChI is InChI=1S/C27H24FN5O2/c1-32-25(34)15-24(23-11-12-29-17-30-23)31-27(32)33-13-5-8-20(16-33)26(35)21-10-9-19(14-22(21)28)18-6-3-2-4-7-18/h2-4,6-7,9-12,14-15,17,20H,5,8,13,16H2,1H3. The SMILES string of the molecule is Cn1c(N2CCCC(C(=O)c3ccc(-c4ccccc4)cc3F)C2)nc(-c2ccncn2)cc1=O. The van der Waals surface area contributed by atoms with Crippen LogP contribution in [0.3, 0.4) is 0 Å². The Kier molecular flexibility index (Phi) is 6.18. The van der Waals surface area contributed by atoms with Crippen molar-refractivity contribution in [2.75, 3.05) is 18.0 Å². The lowest BCUT2D eigenvalue weighted by Gasteiger charge is -2.33. The van der Waals surface area contributed by atoms with Crippen molar-refractivity contribution in [3.63, 3.8) is 0 Å². The highest BCUT2D eigenvalue weighted by Gasteiger charge is 2.30. The van der Waals surface area contributed by atoms with Crippen LogP contribution in [0.4, 0.5) is 10.3 Å². The van der Waals surface area contributed by atoms with Gasteiger partial charge < -0.3 is 4.90 Å². The van der Waals surface area contributed by atoms with Gasteiger partial charge in [-0.25, -0.2) is 19.3 Å². The van der Waals surface area contributed by atoms with E-state index < -0.39 is 11.7 Å². The highest BCUT2D eigenvalue weighted by molar-refractivity contribution is 5.99. The second-order valence-corrected chi connectivity index (χ2v) is 8.64. The number of ketones is 1. The van der Waals surface area contributed by atoms with Crippen LogP contribution in [-0.4, -0.2) is 38.4 Å². The van der Waals surface area contributed by atoms with Gasteiger partial charge in [-0.05, 0) is 42.2 Å². The van der Waals surface area contributed by atoms with E-state index >= 15 is 4.39 Å². The van der Waals surface area contributed by atoms with E-state index in [1.54, 1.807) is 31.4 Å². The summed E-state index contributed by atoms with van der Waals surface area (Å²) >= 11 is 0. The lowest BCUT2D eigenvalue weighted by molar-refractivity contribution is 0.0902. The summed E-state index contributed by atoms with van der Waals surface area (Å²) < 4.78 is 16.5. The van der Waals surface area contributed by atoms with Gasteiger partial charge in [0.2, 0.25) is 5.95 Å². The number of hydrogen-bond donors (Lipinski definition) is 0. The van der Waals surface area contributed by atoms with Gasteiger partial charge >= 0.3 is 0 Å². The minimum absolute atomic E-state index is 0.0908. The molecule has 2 aromatic heterocycles. The molecule has 0 N–H and O–H groups in total. The summed E-state index contributed by atoms with van der Waals surface area (Å²) in [5.41, 5.74) is 2.48. The molecule has 1 atom stereocenters. The molecule has 8 heteroatoms. The van der Waals surface area contributed by atoms with E-state index in [9.17, 15) is 9.59 Å². The third kappa shape index (κ3) is 4.59. The van der Waals surface area contributed by atoms with Gasteiger partial charge in [0.25, 0.3) is 5.56 Å². The fourth-order valence-corrected chi connectivity index (χ4v) is 4.50. The predicted octanol–water partition coefficient (Wildman–Crippen LogP) is 4.14. The number of benzene rings is 2. The van der Waals surface area contributed by atoms with Crippen LogP contribution in [0.15, 0.2) is 78.0 Å². The Morgan fingerprint density at radius 1 is 1.03 bits per heavy atom. The molecule has 5 rings (SSSR count). The third-order valence-corrected chi connectivity index (χ3v) is 6.37.